The standard InChI is InChI=1S/C13H15N3O4S/c17-12-13(18)16-7-6-15(9-10(16)8-14-12)21(19,20)11-4-2-1-3-5-11/h1-5,10H,6-9H2,(H,14,17). The van der Waals surface area contributed by atoms with Gasteiger partial charge in [0.05, 0.1) is 10.9 Å². The van der Waals surface area contributed by atoms with Gasteiger partial charge in [0, 0.05) is 26.2 Å². The third-order valence-electron chi connectivity index (χ3n) is 3.78. The highest BCUT2D eigenvalue weighted by atomic mass is 32.2. The molecule has 2 aliphatic rings. The minimum atomic E-state index is -3.56. The number of carbonyl (C=O) groups excluding carboxylic acids is 2. The van der Waals surface area contributed by atoms with Crippen molar-refractivity contribution in [1.82, 2.24) is 14.5 Å². The van der Waals surface area contributed by atoms with Crippen molar-refractivity contribution in [2.45, 2.75) is 10.9 Å². The van der Waals surface area contributed by atoms with E-state index in [4.69, 9.17) is 0 Å². The van der Waals surface area contributed by atoms with Gasteiger partial charge in [0.2, 0.25) is 10.0 Å². The SMILES string of the molecule is O=C1NCC2CN(S(=O)(=O)c3ccccc3)CCN2C1=O. The lowest BCUT2D eigenvalue weighted by molar-refractivity contribution is -0.151. The number of nitrogens with zero attached hydrogens (tertiary/aromatic N) is 2. The molecule has 0 spiro atoms. The minimum absolute atomic E-state index is 0.198. The zero-order chi connectivity index (χ0) is 15.0. The van der Waals surface area contributed by atoms with Crippen LogP contribution in [0, 0.1) is 0 Å². The van der Waals surface area contributed by atoms with Crippen LogP contribution in [0.25, 0.3) is 0 Å². The summed E-state index contributed by atoms with van der Waals surface area (Å²) >= 11 is 0. The Morgan fingerprint density at radius 1 is 1.10 bits per heavy atom. The zero-order valence-electron chi connectivity index (χ0n) is 11.2. The molecule has 0 aliphatic carbocycles. The van der Waals surface area contributed by atoms with Crippen LogP contribution in [0.4, 0.5) is 0 Å². The average molecular weight is 309 g/mol. The number of hydrogen-bond donors (Lipinski definition) is 1. The molecule has 3 rings (SSSR count). The molecule has 1 atom stereocenters. The molecular formula is C13H15N3O4S. The van der Waals surface area contributed by atoms with Crippen LogP contribution >= 0.6 is 0 Å². The Hall–Kier alpha value is -1.93. The Morgan fingerprint density at radius 2 is 1.81 bits per heavy atom. The molecule has 21 heavy (non-hydrogen) atoms. The van der Waals surface area contributed by atoms with E-state index in [1.165, 1.54) is 9.21 Å². The number of amides is 2. The molecule has 1 aromatic carbocycles. The summed E-state index contributed by atoms with van der Waals surface area (Å²) in [6.45, 7) is 0.921. The molecule has 2 aliphatic heterocycles. The smallest absolute Gasteiger partial charge is 0.312 e. The van der Waals surface area contributed by atoms with Crippen LogP contribution in [-0.4, -0.2) is 61.7 Å². The van der Waals surface area contributed by atoms with Gasteiger partial charge in [-0.3, -0.25) is 9.59 Å². The van der Waals surface area contributed by atoms with Gasteiger partial charge in [-0.2, -0.15) is 4.31 Å². The van der Waals surface area contributed by atoms with Crippen molar-refractivity contribution >= 4 is 21.8 Å². The van der Waals surface area contributed by atoms with E-state index >= 15 is 0 Å². The van der Waals surface area contributed by atoms with Crippen LogP contribution in [0.1, 0.15) is 0 Å². The second-order valence-corrected chi connectivity index (χ2v) is 6.98. The van der Waals surface area contributed by atoms with Gasteiger partial charge in [0.25, 0.3) is 0 Å². The second kappa shape index (κ2) is 5.12. The molecule has 1 N–H and O–H groups in total. The van der Waals surface area contributed by atoms with E-state index in [-0.39, 0.29) is 37.1 Å². The first-order valence-electron chi connectivity index (χ1n) is 6.64. The molecule has 2 saturated heterocycles. The molecule has 0 saturated carbocycles. The van der Waals surface area contributed by atoms with Gasteiger partial charge in [0.15, 0.2) is 0 Å². The molecule has 1 unspecified atom stereocenters. The Balaban J connectivity index is 1.81. The van der Waals surface area contributed by atoms with Crippen molar-refractivity contribution in [3.63, 3.8) is 0 Å². The molecule has 7 nitrogen and oxygen atoms in total. The number of fused-ring (bicyclic) bond motifs is 1. The van der Waals surface area contributed by atoms with Crippen molar-refractivity contribution in [3.8, 4) is 0 Å². The summed E-state index contributed by atoms with van der Waals surface area (Å²) in [5.41, 5.74) is 0. The van der Waals surface area contributed by atoms with Crippen LogP contribution in [-0.2, 0) is 19.6 Å². The molecule has 1 aromatic rings. The van der Waals surface area contributed by atoms with Crippen molar-refractivity contribution in [3.05, 3.63) is 30.3 Å². The van der Waals surface area contributed by atoms with Crippen molar-refractivity contribution in [1.29, 1.82) is 0 Å². The van der Waals surface area contributed by atoms with Crippen LogP contribution < -0.4 is 5.32 Å². The second-order valence-electron chi connectivity index (χ2n) is 5.04. The van der Waals surface area contributed by atoms with E-state index in [1.54, 1.807) is 30.3 Å². The highest BCUT2D eigenvalue weighted by Gasteiger charge is 2.40. The summed E-state index contributed by atoms with van der Waals surface area (Å²) in [4.78, 5) is 24.7. The van der Waals surface area contributed by atoms with E-state index in [1.807, 2.05) is 0 Å². The van der Waals surface area contributed by atoms with Gasteiger partial charge in [0.1, 0.15) is 0 Å². The molecular weight excluding hydrogens is 294 g/mol. The highest BCUT2D eigenvalue weighted by molar-refractivity contribution is 7.89. The quantitative estimate of drug-likeness (QED) is 0.711. The third-order valence-corrected chi connectivity index (χ3v) is 5.66. The Bertz CT molecular complexity index is 674. The summed E-state index contributed by atoms with van der Waals surface area (Å²) in [6, 6.07) is 7.90. The first kappa shape index (κ1) is 14.0. The highest BCUT2D eigenvalue weighted by Crippen LogP contribution is 2.21. The summed E-state index contributed by atoms with van der Waals surface area (Å²) in [7, 11) is -3.56. The van der Waals surface area contributed by atoms with Crippen molar-refractivity contribution < 1.29 is 18.0 Å². The fourth-order valence-corrected chi connectivity index (χ4v) is 4.13. The fraction of sp³-hybridized carbons (Fsp3) is 0.385. The largest absolute Gasteiger partial charge is 0.346 e. The molecule has 0 aromatic heterocycles. The van der Waals surface area contributed by atoms with Gasteiger partial charge < -0.3 is 10.2 Å². The average Bonchev–Trinajstić information content (AvgIpc) is 2.51. The third kappa shape index (κ3) is 2.40. The fourth-order valence-electron chi connectivity index (χ4n) is 2.65. The number of hydrogen-bond acceptors (Lipinski definition) is 4. The molecule has 112 valence electrons. The lowest BCUT2D eigenvalue weighted by Gasteiger charge is -2.42. The van der Waals surface area contributed by atoms with Crippen molar-refractivity contribution in [2.75, 3.05) is 26.2 Å². The number of piperazine rings is 2. The Labute approximate surface area is 122 Å². The number of sulfonamides is 1. The van der Waals surface area contributed by atoms with Crippen molar-refractivity contribution in [2.24, 2.45) is 0 Å². The maximum atomic E-state index is 12.5. The lowest BCUT2D eigenvalue weighted by atomic mass is 10.1. The van der Waals surface area contributed by atoms with Gasteiger partial charge in [-0.15, -0.1) is 0 Å². The first-order chi connectivity index (χ1) is 10.00. The maximum Gasteiger partial charge on any atom is 0.312 e. The zero-order valence-corrected chi connectivity index (χ0v) is 12.0. The Kier molecular flexibility index (Phi) is 3.42. The molecule has 2 heterocycles. The van der Waals surface area contributed by atoms with Gasteiger partial charge in [-0.05, 0) is 12.1 Å². The monoisotopic (exact) mass is 309 g/mol. The van der Waals surface area contributed by atoms with E-state index in [0.717, 1.165) is 0 Å². The van der Waals surface area contributed by atoms with Gasteiger partial charge in [-0.25, -0.2) is 8.42 Å². The van der Waals surface area contributed by atoms with E-state index in [2.05, 4.69) is 5.32 Å². The van der Waals surface area contributed by atoms with Gasteiger partial charge in [-0.1, -0.05) is 18.2 Å². The maximum absolute atomic E-state index is 12.5. The van der Waals surface area contributed by atoms with E-state index in [0.29, 0.717) is 0 Å². The lowest BCUT2D eigenvalue weighted by Crippen LogP contribution is -2.65. The number of rotatable bonds is 2. The first-order valence-corrected chi connectivity index (χ1v) is 8.08. The topological polar surface area (TPSA) is 86.8 Å². The summed E-state index contributed by atoms with van der Waals surface area (Å²) in [5.74, 6) is -1.20. The normalized spacial score (nSPS) is 23.6. The predicted molar refractivity (Wildman–Crippen MR) is 73.7 cm³/mol. The predicted octanol–water partition coefficient (Wildman–Crippen LogP) is -0.982. The van der Waals surface area contributed by atoms with Crippen LogP contribution in [0.5, 0.6) is 0 Å². The summed E-state index contributed by atoms with van der Waals surface area (Å²) < 4.78 is 26.5. The molecule has 2 fully saturated rings. The van der Waals surface area contributed by atoms with Crippen LogP contribution in [0.2, 0.25) is 0 Å². The minimum Gasteiger partial charge on any atom is -0.346 e. The molecule has 0 bridgehead atoms. The van der Waals surface area contributed by atoms with Gasteiger partial charge >= 0.3 is 11.8 Å². The number of nitrogens with one attached hydrogen (secondary N) is 1. The summed E-state index contributed by atoms with van der Waals surface area (Å²) in [5, 5.41) is 2.49. The van der Waals surface area contributed by atoms with Crippen LogP contribution in [0.3, 0.4) is 0 Å². The van der Waals surface area contributed by atoms with Crippen LogP contribution in [0.15, 0.2) is 35.2 Å². The molecule has 2 amide bonds. The van der Waals surface area contributed by atoms with E-state index < -0.39 is 21.8 Å². The number of benzene rings is 1. The molecule has 8 heteroatoms. The van der Waals surface area contributed by atoms with E-state index in [9.17, 15) is 18.0 Å². The number of carbonyl (C=O) groups is 2. The summed E-state index contributed by atoms with van der Waals surface area (Å²) in [6.07, 6.45) is 0. The Morgan fingerprint density at radius 3 is 2.52 bits per heavy atom. The molecule has 0 radical (unpaired) electrons.